The van der Waals surface area contributed by atoms with E-state index in [1.165, 1.54) is 10.7 Å². The summed E-state index contributed by atoms with van der Waals surface area (Å²) >= 11 is 6.11. The number of aromatic nitrogens is 2. The van der Waals surface area contributed by atoms with Gasteiger partial charge in [0, 0.05) is 22.3 Å². The minimum absolute atomic E-state index is 0.353. The van der Waals surface area contributed by atoms with Crippen molar-refractivity contribution < 1.29 is 9.53 Å². The Labute approximate surface area is 174 Å². The van der Waals surface area contributed by atoms with Crippen molar-refractivity contribution in [3.05, 3.63) is 75.5 Å². The smallest absolute Gasteiger partial charge is 0.267 e. The quantitative estimate of drug-likeness (QED) is 0.649. The van der Waals surface area contributed by atoms with E-state index in [-0.39, 0.29) is 11.5 Å². The third-order valence-corrected chi connectivity index (χ3v) is 4.97. The molecule has 3 aromatic rings. The Morgan fingerprint density at radius 2 is 1.90 bits per heavy atom. The normalized spacial score (nSPS) is 11.7. The summed E-state index contributed by atoms with van der Waals surface area (Å²) in [5.74, 6) is 0.406. The van der Waals surface area contributed by atoms with Gasteiger partial charge in [0.25, 0.3) is 5.56 Å². The van der Waals surface area contributed by atoms with E-state index in [1.54, 1.807) is 31.2 Å². The van der Waals surface area contributed by atoms with Gasteiger partial charge in [-0.15, -0.1) is 0 Å². The minimum Gasteiger partial charge on any atom is -0.494 e. The molecule has 29 heavy (non-hydrogen) atoms. The Morgan fingerprint density at radius 3 is 2.59 bits per heavy atom. The van der Waals surface area contributed by atoms with E-state index in [1.807, 2.05) is 38.1 Å². The maximum atomic E-state index is 12.7. The van der Waals surface area contributed by atoms with Crippen LogP contribution in [0.1, 0.15) is 25.5 Å². The largest absolute Gasteiger partial charge is 0.494 e. The summed E-state index contributed by atoms with van der Waals surface area (Å²) in [4.78, 5) is 25.1. The Bertz CT molecular complexity index is 1080. The van der Waals surface area contributed by atoms with Crippen LogP contribution in [0.15, 0.2) is 59.4 Å². The monoisotopic (exact) mass is 411 g/mol. The first-order valence-electron chi connectivity index (χ1n) is 9.29. The van der Waals surface area contributed by atoms with Crippen molar-refractivity contribution in [2.75, 3.05) is 11.9 Å². The molecule has 3 rings (SSSR count). The second kappa shape index (κ2) is 8.92. The van der Waals surface area contributed by atoms with Crippen molar-refractivity contribution >= 4 is 23.2 Å². The number of hydrogen-bond acceptors (Lipinski definition) is 4. The summed E-state index contributed by atoms with van der Waals surface area (Å²) in [6.07, 6.45) is 0. The third-order valence-electron chi connectivity index (χ3n) is 4.56. The second-order valence-electron chi connectivity index (χ2n) is 6.54. The van der Waals surface area contributed by atoms with E-state index >= 15 is 0 Å². The predicted molar refractivity (Wildman–Crippen MR) is 115 cm³/mol. The molecule has 1 heterocycles. The van der Waals surface area contributed by atoms with Gasteiger partial charge in [0.2, 0.25) is 5.91 Å². The van der Waals surface area contributed by atoms with Gasteiger partial charge < -0.3 is 10.1 Å². The van der Waals surface area contributed by atoms with Crippen LogP contribution >= 0.6 is 11.6 Å². The Balaban J connectivity index is 1.85. The highest BCUT2D eigenvalue weighted by molar-refractivity contribution is 6.31. The maximum Gasteiger partial charge on any atom is 0.267 e. The van der Waals surface area contributed by atoms with E-state index in [0.29, 0.717) is 23.0 Å². The molecule has 1 amide bonds. The summed E-state index contributed by atoms with van der Waals surface area (Å²) < 4.78 is 6.63. The van der Waals surface area contributed by atoms with E-state index in [2.05, 4.69) is 10.4 Å². The van der Waals surface area contributed by atoms with Crippen LogP contribution in [-0.4, -0.2) is 22.3 Å². The van der Waals surface area contributed by atoms with Crippen LogP contribution in [0.2, 0.25) is 5.02 Å². The van der Waals surface area contributed by atoms with Crippen LogP contribution in [0.4, 0.5) is 5.69 Å². The number of halogens is 1. The Morgan fingerprint density at radius 1 is 1.17 bits per heavy atom. The van der Waals surface area contributed by atoms with Crippen LogP contribution in [-0.2, 0) is 4.79 Å². The highest BCUT2D eigenvalue weighted by Crippen LogP contribution is 2.24. The minimum atomic E-state index is -0.802. The first kappa shape index (κ1) is 20.6. The maximum absolute atomic E-state index is 12.7. The van der Waals surface area contributed by atoms with Crippen molar-refractivity contribution in [1.82, 2.24) is 9.78 Å². The summed E-state index contributed by atoms with van der Waals surface area (Å²) in [5.41, 5.74) is 2.42. The standard InChI is InChI=1S/C22H22ClN3O3/c1-4-29-17-10-8-16(9-11-17)20-12-13-21(27)26(25-20)15(3)22(28)24-19-7-5-6-18(23)14(19)2/h5-13,15H,4H2,1-3H3,(H,24,28). The van der Waals surface area contributed by atoms with Gasteiger partial charge in [-0.05, 0) is 68.8 Å². The molecule has 2 aromatic carbocycles. The topological polar surface area (TPSA) is 73.2 Å². The average molecular weight is 412 g/mol. The number of hydrogen-bond donors (Lipinski definition) is 1. The molecule has 0 fully saturated rings. The molecule has 0 saturated heterocycles. The van der Waals surface area contributed by atoms with Crippen molar-refractivity contribution in [3.63, 3.8) is 0 Å². The van der Waals surface area contributed by atoms with Crippen molar-refractivity contribution in [3.8, 4) is 17.0 Å². The number of amides is 1. The SMILES string of the molecule is CCOc1ccc(-c2ccc(=O)n(C(C)C(=O)Nc3cccc(Cl)c3C)n2)cc1. The van der Waals surface area contributed by atoms with Crippen molar-refractivity contribution in [2.45, 2.75) is 26.8 Å². The zero-order chi connectivity index (χ0) is 21.0. The second-order valence-corrected chi connectivity index (χ2v) is 6.94. The van der Waals surface area contributed by atoms with Crippen LogP contribution in [0.3, 0.4) is 0 Å². The van der Waals surface area contributed by atoms with Crippen LogP contribution < -0.4 is 15.6 Å². The summed E-state index contributed by atoms with van der Waals surface area (Å²) in [7, 11) is 0. The number of carbonyl (C=O) groups is 1. The lowest BCUT2D eigenvalue weighted by atomic mass is 10.1. The Hall–Kier alpha value is -3.12. The molecule has 0 spiro atoms. The molecule has 150 valence electrons. The van der Waals surface area contributed by atoms with Gasteiger partial charge in [-0.25, -0.2) is 4.68 Å². The first-order chi connectivity index (χ1) is 13.9. The molecule has 0 bridgehead atoms. The molecule has 0 aliphatic rings. The molecule has 1 atom stereocenters. The Kier molecular flexibility index (Phi) is 6.34. The molecule has 1 unspecified atom stereocenters. The number of rotatable bonds is 6. The molecule has 0 saturated carbocycles. The molecule has 0 aliphatic carbocycles. The van der Waals surface area contributed by atoms with Crippen molar-refractivity contribution in [1.29, 1.82) is 0 Å². The zero-order valence-electron chi connectivity index (χ0n) is 16.5. The lowest BCUT2D eigenvalue weighted by Gasteiger charge is -2.16. The van der Waals surface area contributed by atoms with Gasteiger partial charge in [0.1, 0.15) is 11.8 Å². The summed E-state index contributed by atoms with van der Waals surface area (Å²) in [6, 6.07) is 14.9. The van der Waals surface area contributed by atoms with Gasteiger partial charge in [-0.3, -0.25) is 9.59 Å². The number of carbonyl (C=O) groups excluding carboxylic acids is 1. The lowest BCUT2D eigenvalue weighted by molar-refractivity contribution is -0.119. The predicted octanol–water partition coefficient (Wildman–Crippen LogP) is 4.47. The number of nitrogens with zero attached hydrogens (tertiary/aromatic N) is 2. The van der Waals surface area contributed by atoms with E-state index < -0.39 is 6.04 Å². The average Bonchev–Trinajstić information content (AvgIpc) is 2.72. The molecule has 0 radical (unpaired) electrons. The van der Waals surface area contributed by atoms with Crippen molar-refractivity contribution in [2.24, 2.45) is 0 Å². The van der Waals surface area contributed by atoms with E-state index in [4.69, 9.17) is 16.3 Å². The fourth-order valence-corrected chi connectivity index (χ4v) is 3.01. The fraction of sp³-hybridized carbons (Fsp3) is 0.227. The van der Waals surface area contributed by atoms with Crippen LogP contribution in [0.5, 0.6) is 5.75 Å². The van der Waals surface area contributed by atoms with Gasteiger partial charge in [0.15, 0.2) is 0 Å². The number of benzene rings is 2. The van der Waals surface area contributed by atoms with E-state index in [0.717, 1.165) is 16.9 Å². The molecule has 1 aromatic heterocycles. The van der Waals surface area contributed by atoms with Gasteiger partial charge in [0.05, 0.1) is 12.3 Å². The van der Waals surface area contributed by atoms with Crippen LogP contribution in [0.25, 0.3) is 11.3 Å². The lowest BCUT2D eigenvalue weighted by Crippen LogP contribution is -2.33. The summed E-state index contributed by atoms with van der Waals surface area (Å²) in [6.45, 7) is 5.95. The van der Waals surface area contributed by atoms with Gasteiger partial charge >= 0.3 is 0 Å². The third kappa shape index (κ3) is 4.66. The van der Waals surface area contributed by atoms with Crippen LogP contribution in [0, 0.1) is 6.92 Å². The first-order valence-corrected chi connectivity index (χ1v) is 9.67. The molecule has 1 N–H and O–H groups in total. The summed E-state index contributed by atoms with van der Waals surface area (Å²) in [5, 5.41) is 7.77. The number of nitrogens with one attached hydrogen (secondary N) is 1. The zero-order valence-corrected chi connectivity index (χ0v) is 17.2. The molecule has 0 aliphatic heterocycles. The fourth-order valence-electron chi connectivity index (χ4n) is 2.84. The number of anilines is 1. The molecule has 7 heteroatoms. The van der Waals surface area contributed by atoms with Gasteiger partial charge in [-0.1, -0.05) is 17.7 Å². The van der Waals surface area contributed by atoms with E-state index in [9.17, 15) is 9.59 Å². The highest BCUT2D eigenvalue weighted by Gasteiger charge is 2.19. The molecular formula is C22H22ClN3O3. The molecule has 6 nitrogen and oxygen atoms in total. The highest BCUT2D eigenvalue weighted by atomic mass is 35.5. The number of ether oxygens (including phenoxy) is 1. The van der Waals surface area contributed by atoms with Gasteiger partial charge in [-0.2, -0.15) is 5.10 Å². The molecular weight excluding hydrogens is 390 g/mol.